The summed E-state index contributed by atoms with van der Waals surface area (Å²) in [6.07, 6.45) is 4.38. The molecule has 4 amide bonds. The lowest BCUT2D eigenvalue weighted by molar-refractivity contribution is -0.144. The van der Waals surface area contributed by atoms with Gasteiger partial charge < -0.3 is 30.3 Å². The van der Waals surface area contributed by atoms with E-state index in [9.17, 15) is 24.0 Å². The van der Waals surface area contributed by atoms with Gasteiger partial charge in [-0.15, -0.1) is 0 Å². The van der Waals surface area contributed by atoms with Crippen molar-refractivity contribution in [3.63, 3.8) is 0 Å². The first-order valence-electron chi connectivity index (χ1n) is 17.2. The summed E-state index contributed by atoms with van der Waals surface area (Å²) in [7, 11) is 0. The lowest BCUT2D eigenvalue weighted by Gasteiger charge is -2.36. The Labute approximate surface area is 292 Å². The van der Waals surface area contributed by atoms with E-state index in [2.05, 4.69) is 20.9 Å². The predicted octanol–water partition coefficient (Wildman–Crippen LogP) is 3.49. The lowest BCUT2D eigenvalue weighted by Crippen LogP contribution is -2.65. The van der Waals surface area contributed by atoms with Crippen LogP contribution in [0.15, 0.2) is 79.0 Å². The van der Waals surface area contributed by atoms with E-state index in [-0.39, 0.29) is 31.8 Å². The molecule has 12 nitrogen and oxygen atoms in total. The number of nitrogens with one attached hydrogen (secondary N) is 3. The topological polar surface area (TPSA) is 156 Å². The molecule has 0 aliphatic carbocycles. The Bertz CT molecular complexity index is 1640. The van der Waals surface area contributed by atoms with E-state index in [0.29, 0.717) is 50.1 Å². The number of rotatable bonds is 12. The van der Waals surface area contributed by atoms with Crippen LogP contribution in [0.5, 0.6) is 5.75 Å². The number of carbonyl (C=O) groups excluding carboxylic acids is 5. The van der Waals surface area contributed by atoms with Crippen molar-refractivity contribution in [2.75, 3.05) is 13.2 Å². The standard InChI is InChI=1S/C38H45N5O7/c1-3-38(2)37(48)41-31(24-26-17-19-29(20-18-26)50-25-28-14-7-9-21-39-28)35(46)43-22-11-16-32(43)34(45)40-30(33(44)42-38)15-8-10-23-49-36(47)27-12-5-4-6-13-27/h4-7,9,12-14,17-21,30-32H,3,8,10-11,15-16,22-25H2,1-2H3,(H,40,45)(H,41,48)(H,42,44)/t30-,31-,32+,38-/m0/s1. The van der Waals surface area contributed by atoms with E-state index < -0.39 is 47.4 Å². The molecule has 0 unspecified atom stereocenters. The molecule has 5 rings (SSSR count). The van der Waals surface area contributed by atoms with Crippen molar-refractivity contribution in [2.24, 2.45) is 0 Å². The SMILES string of the molecule is CC[C@]1(C)NC(=O)[C@H](CCCCOC(=O)c2ccccc2)NC(=O)[C@H]2CCCN2C(=O)[C@H](Cc2ccc(OCc3ccccn3)cc2)NC1=O. The normalized spacial score (nSPS) is 22.7. The maximum atomic E-state index is 14.1. The van der Waals surface area contributed by atoms with E-state index in [1.165, 1.54) is 4.90 Å². The van der Waals surface area contributed by atoms with Crippen molar-refractivity contribution in [2.45, 2.75) is 89.1 Å². The minimum absolute atomic E-state index is 0.151. The lowest BCUT2D eigenvalue weighted by atomic mass is 9.94. The Morgan fingerprint density at radius 1 is 0.920 bits per heavy atom. The van der Waals surface area contributed by atoms with Gasteiger partial charge in [0.15, 0.2) is 0 Å². The minimum atomic E-state index is -1.35. The Kier molecular flexibility index (Phi) is 12.2. The molecule has 50 heavy (non-hydrogen) atoms. The molecule has 2 aromatic carbocycles. The minimum Gasteiger partial charge on any atom is -0.487 e. The van der Waals surface area contributed by atoms with Crippen molar-refractivity contribution < 1.29 is 33.4 Å². The Morgan fingerprint density at radius 2 is 1.68 bits per heavy atom. The number of hydrogen-bond donors (Lipinski definition) is 3. The van der Waals surface area contributed by atoms with Crippen LogP contribution < -0.4 is 20.7 Å². The highest BCUT2D eigenvalue weighted by Crippen LogP contribution is 2.23. The van der Waals surface area contributed by atoms with Crippen LogP contribution in [0.25, 0.3) is 0 Å². The second kappa shape index (κ2) is 16.9. The van der Waals surface area contributed by atoms with Gasteiger partial charge in [-0.1, -0.05) is 43.3 Å². The maximum absolute atomic E-state index is 14.1. The largest absolute Gasteiger partial charge is 0.487 e. The summed E-state index contributed by atoms with van der Waals surface area (Å²) in [5, 5.41) is 8.65. The van der Waals surface area contributed by atoms with Crippen LogP contribution in [0.4, 0.5) is 0 Å². The van der Waals surface area contributed by atoms with Gasteiger partial charge in [0.05, 0.1) is 17.9 Å². The summed E-state index contributed by atoms with van der Waals surface area (Å²) < 4.78 is 11.2. The molecule has 2 aliphatic rings. The van der Waals surface area contributed by atoms with E-state index >= 15 is 0 Å². The van der Waals surface area contributed by atoms with Gasteiger partial charge in [0, 0.05) is 19.2 Å². The number of benzene rings is 2. The van der Waals surface area contributed by atoms with Gasteiger partial charge in [0.1, 0.15) is 36.0 Å². The van der Waals surface area contributed by atoms with Gasteiger partial charge in [-0.25, -0.2) is 4.79 Å². The van der Waals surface area contributed by atoms with Gasteiger partial charge in [-0.2, -0.15) is 0 Å². The van der Waals surface area contributed by atoms with Gasteiger partial charge >= 0.3 is 5.97 Å². The zero-order chi connectivity index (χ0) is 35.5. The molecule has 3 heterocycles. The van der Waals surface area contributed by atoms with Gasteiger partial charge in [0.25, 0.3) is 0 Å². The fourth-order valence-electron chi connectivity index (χ4n) is 6.09. The zero-order valence-electron chi connectivity index (χ0n) is 28.6. The number of unbranched alkanes of at least 4 members (excludes halogenated alkanes) is 1. The fraction of sp³-hybridized carbons (Fsp3) is 0.421. The predicted molar refractivity (Wildman–Crippen MR) is 185 cm³/mol. The van der Waals surface area contributed by atoms with Crippen LogP contribution in [0, 0.1) is 0 Å². The van der Waals surface area contributed by atoms with Crippen LogP contribution in [0.3, 0.4) is 0 Å². The first-order valence-corrected chi connectivity index (χ1v) is 17.2. The summed E-state index contributed by atoms with van der Waals surface area (Å²) in [6.45, 7) is 4.21. The number of aromatic nitrogens is 1. The molecule has 0 radical (unpaired) electrons. The van der Waals surface area contributed by atoms with Gasteiger partial charge in [0.2, 0.25) is 23.6 Å². The molecular weight excluding hydrogens is 638 g/mol. The maximum Gasteiger partial charge on any atom is 0.338 e. The molecule has 12 heteroatoms. The van der Waals surface area contributed by atoms with Crippen LogP contribution in [0.2, 0.25) is 0 Å². The highest BCUT2D eigenvalue weighted by atomic mass is 16.5. The van der Waals surface area contributed by atoms with Crippen LogP contribution in [-0.4, -0.2) is 76.3 Å². The van der Waals surface area contributed by atoms with Crippen molar-refractivity contribution >= 4 is 29.6 Å². The zero-order valence-corrected chi connectivity index (χ0v) is 28.6. The van der Waals surface area contributed by atoms with E-state index in [1.54, 1.807) is 56.4 Å². The molecule has 2 fully saturated rings. The molecule has 3 N–H and O–H groups in total. The van der Waals surface area contributed by atoms with Crippen molar-refractivity contribution in [3.05, 3.63) is 95.8 Å². The number of esters is 1. The fourth-order valence-corrected chi connectivity index (χ4v) is 6.09. The number of fused-ring (bicyclic) bond motifs is 1. The molecule has 1 aromatic heterocycles. The number of nitrogens with zero attached hydrogens (tertiary/aromatic N) is 2. The molecule has 264 valence electrons. The molecule has 0 spiro atoms. The molecule has 3 aromatic rings. The smallest absolute Gasteiger partial charge is 0.338 e. The molecule has 0 bridgehead atoms. The van der Waals surface area contributed by atoms with Crippen LogP contribution in [0.1, 0.15) is 74.0 Å². The number of amides is 4. The second-order valence-corrected chi connectivity index (χ2v) is 12.9. The van der Waals surface area contributed by atoms with Gasteiger partial charge in [-0.3, -0.25) is 24.2 Å². The summed E-state index contributed by atoms with van der Waals surface area (Å²) in [5.74, 6) is -1.55. The Morgan fingerprint density at radius 3 is 2.40 bits per heavy atom. The molecule has 2 aliphatic heterocycles. The Balaban J connectivity index is 1.26. The molecule has 4 atom stereocenters. The first-order chi connectivity index (χ1) is 24.2. The summed E-state index contributed by atoms with van der Waals surface area (Å²) >= 11 is 0. The van der Waals surface area contributed by atoms with Crippen molar-refractivity contribution in [1.82, 2.24) is 25.8 Å². The monoisotopic (exact) mass is 683 g/mol. The summed E-state index contributed by atoms with van der Waals surface area (Å²) in [6, 6.07) is 18.9. The third kappa shape index (κ3) is 9.25. The van der Waals surface area contributed by atoms with Crippen molar-refractivity contribution in [3.8, 4) is 5.75 Å². The number of carbonyl (C=O) groups is 5. The van der Waals surface area contributed by atoms with E-state index in [1.807, 2.05) is 36.4 Å². The molecular formula is C38H45N5O7. The average molecular weight is 684 g/mol. The number of pyridine rings is 1. The third-order valence-corrected chi connectivity index (χ3v) is 9.29. The van der Waals surface area contributed by atoms with Gasteiger partial charge in [-0.05, 0) is 87.4 Å². The quantitative estimate of drug-likeness (QED) is 0.194. The van der Waals surface area contributed by atoms with Crippen LogP contribution >= 0.6 is 0 Å². The molecule has 0 saturated carbocycles. The third-order valence-electron chi connectivity index (χ3n) is 9.29. The van der Waals surface area contributed by atoms with E-state index in [0.717, 1.165) is 11.3 Å². The van der Waals surface area contributed by atoms with Crippen molar-refractivity contribution in [1.29, 1.82) is 0 Å². The highest BCUT2D eigenvalue weighted by Gasteiger charge is 2.43. The first kappa shape index (κ1) is 36.0. The number of hydrogen-bond acceptors (Lipinski definition) is 8. The summed E-state index contributed by atoms with van der Waals surface area (Å²) in [5.41, 5.74) is 0.684. The second-order valence-electron chi connectivity index (χ2n) is 12.9. The number of ether oxygens (including phenoxy) is 2. The van der Waals surface area contributed by atoms with E-state index in [4.69, 9.17) is 9.47 Å². The Hall–Kier alpha value is -5.26. The van der Waals surface area contributed by atoms with Crippen LogP contribution in [-0.2, 0) is 36.9 Å². The average Bonchev–Trinajstić information content (AvgIpc) is 3.64. The highest BCUT2D eigenvalue weighted by molar-refractivity contribution is 5.99. The molecule has 2 saturated heterocycles. The summed E-state index contributed by atoms with van der Waals surface area (Å²) in [4.78, 5) is 73.3.